The maximum Gasteiger partial charge on any atom is 0.274 e. The highest BCUT2D eigenvalue weighted by atomic mass is 32.2. The number of aromatic nitrogens is 1. The van der Waals surface area contributed by atoms with Gasteiger partial charge in [-0.1, -0.05) is 0 Å². The van der Waals surface area contributed by atoms with Crippen LogP contribution in [0.25, 0.3) is 0 Å². The van der Waals surface area contributed by atoms with E-state index in [9.17, 15) is 13.2 Å². The van der Waals surface area contributed by atoms with Gasteiger partial charge in [-0.05, 0) is 69.0 Å². The summed E-state index contributed by atoms with van der Waals surface area (Å²) in [6.45, 7) is 3.04. The number of likely N-dealkylation sites (tertiary alicyclic amines) is 1. The van der Waals surface area contributed by atoms with Crippen LogP contribution in [0.4, 0.5) is 10.1 Å². The molecule has 2 atom stereocenters. The fourth-order valence-corrected chi connectivity index (χ4v) is 8.32. The van der Waals surface area contributed by atoms with Gasteiger partial charge in [0.1, 0.15) is 27.5 Å². The standard InChI is InChI=1S/C27H35FN6O5S/c1-26(21-13-18(5-7-22(21)28)31-24(35)23-8-6-19(38-3)14-30-23)27(40(36,37)33(2)25(29)32-26)9-10-34(16-27)15-17-11-20(12-17)39-4/h5-8,13-14,17,20H,9-12,15-16H2,1-4H3,(H2,29,32)(H,31,35)/t17?,20?,26-,27+/m1/s1. The highest BCUT2D eigenvalue weighted by Gasteiger charge is 2.66. The number of nitrogens with zero attached hydrogens (tertiary/aromatic N) is 4. The van der Waals surface area contributed by atoms with Crippen LogP contribution in [0.5, 0.6) is 5.75 Å². The number of carbonyl (C=O) groups excluding carboxylic acids is 1. The summed E-state index contributed by atoms with van der Waals surface area (Å²) in [7, 11) is 0.524. The maximum absolute atomic E-state index is 15.6. The molecule has 0 bridgehead atoms. The van der Waals surface area contributed by atoms with Crippen LogP contribution in [0.15, 0.2) is 41.5 Å². The van der Waals surface area contributed by atoms with Gasteiger partial charge < -0.3 is 25.4 Å². The van der Waals surface area contributed by atoms with Crippen LogP contribution in [0.2, 0.25) is 0 Å². The Kier molecular flexibility index (Phi) is 7.26. The molecule has 1 spiro atoms. The Labute approximate surface area is 233 Å². The number of guanidine groups is 1. The zero-order valence-electron chi connectivity index (χ0n) is 23.1. The third-order valence-electron chi connectivity index (χ3n) is 8.71. The highest BCUT2D eigenvalue weighted by molar-refractivity contribution is 7.91. The van der Waals surface area contributed by atoms with Gasteiger partial charge in [-0.15, -0.1) is 0 Å². The quantitative estimate of drug-likeness (QED) is 0.513. The predicted molar refractivity (Wildman–Crippen MR) is 148 cm³/mol. The summed E-state index contributed by atoms with van der Waals surface area (Å²) in [5.41, 5.74) is 5.01. The van der Waals surface area contributed by atoms with Crippen molar-refractivity contribution >= 4 is 27.6 Å². The third-order valence-corrected chi connectivity index (χ3v) is 11.3. The lowest BCUT2D eigenvalue weighted by molar-refractivity contribution is -0.00907. The number of halogens is 1. The summed E-state index contributed by atoms with van der Waals surface area (Å²) in [6.07, 6.45) is 3.75. The topological polar surface area (TPSA) is 139 Å². The SMILES string of the molecule is COc1ccc(C(=O)Nc2ccc(F)c([C@@]3(C)N=C(N)N(C)S(=O)(=O)[C@]34CCN(CC3CC(OC)C3)C4)c2)nc1. The van der Waals surface area contributed by atoms with Gasteiger partial charge in [-0.25, -0.2) is 27.1 Å². The minimum absolute atomic E-state index is 0.0394. The Morgan fingerprint density at radius 1 is 1.25 bits per heavy atom. The van der Waals surface area contributed by atoms with Crippen molar-refractivity contribution in [3.8, 4) is 5.75 Å². The summed E-state index contributed by atoms with van der Waals surface area (Å²) < 4.78 is 53.8. The van der Waals surface area contributed by atoms with Gasteiger partial charge in [-0.2, -0.15) is 0 Å². The number of ether oxygens (including phenoxy) is 2. The van der Waals surface area contributed by atoms with Crippen molar-refractivity contribution < 1.29 is 27.1 Å². The number of pyridine rings is 1. The second-order valence-corrected chi connectivity index (χ2v) is 13.2. The fraction of sp³-hybridized carbons (Fsp3) is 0.519. The number of nitrogens with two attached hydrogens (primary N) is 1. The number of aliphatic imine (C=N–C) groups is 1. The smallest absolute Gasteiger partial charge is 0.274 e. The lowest BCUT2D eigenvalue weighted by Gasteiger charge is -2.49. The molecule has 11 nitrogen and oxygen atoms in total. The number of benzene rings is 1. The van der Waals surface area contributed by atoms with E-state index in [1.165, 1.54) is 44.6 Å². The molecule has 1 aromatic heterocycles. The molecule has 1 amide bonds. The second kappa shape index (κ2) is 10.3. The molecule has 216 valence electrons. The van der Waals surface area contributed by atoms with Crippen molar-refractivity contribution in [1.82, 2.24) is 14.2 Å². The molecule has 5 rings (SSSR count). The van der Waals surface area contributed by atoms with Crippen molar-refractivity contribution in [3.05, 3.63) is 53.6 Å². The molecule has 2 fully saturated rings. The molecular formula is C27H35FN6O5S. The first-order chi connectivity index (χ1) is 18.9. The van der Waals surface area contributed by atoms with E-state index < -0.39 is 32.0 Å². The van der Waals surface area contributed by atoms with Gasteiger partial charge in [0.25, 0.3) is 5.91 Å². The zero-order valence-corrected chi connectivity index (χ0v) is 23.9. The van der Waals surface area contributed by atoms with E-state index in [-0.39, 0.29) is 42.0 Å². The second-order valence-electron chi connectivity index (χ2n) is 10.9. The number of anilines is 1. The highest BCUT2D eigenvalue weighted by Crippen LogP contribution is 2.52. The number of carbonyl (C=O) groups is 1. The summed E-state index contributed by atoms with van der Waals surface area (Å²) >= 11 is 0. The fourth-order valence-electron chi connectivity index (χ4n) is 6.15. The van der Waals surface area contributed by atoms with Crippen LogP contribution in [0.3, 0.4) is 0 Å². The number of hydrogen-bond donors (Lipinski definition) is 2. The number of rotatable bonds is 7. The molecule has 1 saturated heterocycles. The maximum atomic E-state index is 15.6. The van der Waals surface area contributed by atoms with Gasteiger partial charge in [-0.3, -0.25) is 4.79 Å². The van der Waals surface area contributed by atoms with E-state index in [1.807, 2.05) is 0 Å². The van der Waals surface area contributed by atoms with Crippen LogP contribution >= 0.6 is 0 Å². The van der Waals surface area contributed by atoms with Gasteiger partial charge in [0.05, 0.1) is 19.4 Å². The van der Waals surface area contributed by atoms with Crippen molar-refractivity contribution in [1.29, 1.82) is 0 Å². The third kappa shape index (κ3) is 4.49. The molecule has 40 heavy (non-hydrogen) atoms. The molecule has 2 aromatic rings. The Bertz CT molecular complexity index is 1430. The molecule has 3 N–H and O–H groups in total. The van der Waals surface area contributed by atoms with E-state index in [0.29, 0.717) is 18.2 Å². The molecule has 1 aromatic carbocycles. The van der Waals surface area contributed by atoms with E-state index in [0.717, 1.165) is 23.7 Å². The van der Waals surface area contributed by atoms with Crippen LogP contribution in [-0.2, 0) is 20.3 Å². The Morgan fingerprint density at radius 3 is 2.65 bits per heavy atom. The van der Waals surface area contributed by atoms with Crippen molar-refractivity contribution in [2.75, 3.05) is 46.2 Å². The Hall–Kier alpha value is -3.29. The molecule has 0 radical (unpaired) electrons. The Morgan fingerprint density at radius 2 is 2.00 bits per heavy atom. The number of nitrogens with one attached hydrogen (secondary N) is 1. The summed E-state index contributed by atoms with van der Waals surface area (Å²) in [6, 6.07) is 7.17. The van der Waals surface area contributed by atoms with Crippen molar-refractivity contribution in [2.24, 2.45) is 16.6 Å². The largest absolute Gasteiger partial charge is 0.495 e. The van der Waals surface area contributed by atoms with E-state index in [2.05, 4.69) is 20.2 Å². The number of methoxy groups -OCH3 is 2. The first-order valence-electron chi connectivity index (χ1n) is 13.1. The Balaban J connectivity index is 1.49. The molecule has 3 aliphatic rings. The van der Waals surface area contributed by atoms with Gasteiger partial charge >= 0.3 is 0 Å². The number of hydrogen-bond acceptors (Lipinski definition) is 9. The van der Waals surface area contributed by atoms with E-state index in [4.69, 9.17) is 15.2 Å². The minimum atomic E-state index is -4.05. The molecule has 13 heteroatoms. The van der Waals surface area contributed by atoms with Crippen LogP contribution in [-0.4, -0.2) is 86.2 Å². The van der Waals surface area contributed by atoms with Crippen LogP contribution in [0.1, 0.15) is 42.2 Å². The average molecular weight is 575 g/mol. The minimum Gasteiger partial charge on any atom is -0.495 e. The summed E-state index contributed by atoms with van der Waals surface area (Å²) in [4.78, 5) is 23.7. The van der Waals surface area contributed by atoms with E-state index in [1.54, 1.807) is 20.1 Å². The summed E-state index contributed by atoms with van der Waals surface area (Å²) in [5, 5.41) is 2.73. The first kappa shape index (κ1) is 28.2. The monoisotopic (exact) mass is 574 g/mol. The normalized spacial score (nSPS) is 29.6. The molecule has 1 saturated carbocycles. The molecular weight excluding hydrogens is 539 g/mol. The first-order valence-corrected chi connectivity index (χ1v) is 14.6. The molecule has 2 aliphatic heterocycles. The van der Waals surface area contributed by atoms with Crippen molar-refractivity contribution in [3.63, 3.8) is 0 Å². The lowest BCUT2D eigenvalue weighted by Crippen LogP contribution is -2.66. The average Bonchev–Trinajstić information content (AvgIpc) is 3.36. The van der Waals surface area contributed by atoms with Crippen LogP contribution < -0.4 is 15.8 Å². The lowest BCUT2D eigenvalue weighted by atomic mass is 9.77. The van der Waals surface area contributed by atoms with Gasteiger partial charge in [0.2, 0.25) is 16.0 Å². The number of sulfonamides is 1. The number of amides is 1. The zero-order chi connectivity index (χ0) is 28.9. The summed E-state index contributed by atoms with van der Waals surface area (Å²) in [5.74, 6) is -0.463. The molecule has 1 aliphatic carbocycles. The van der Waals surface area contributed by atoms with Crippen LogP contribution in [0, 0.1) is 11.7 Å². The molecule has 3 heterocycles. The van der Waals surface area contributed by atoms with Gasteiger partial charge in [0, 0.05) is 38.5 Å². The van der Waals surface area contributed by atoms with E-state index >= 15 is 4.39 Å². The van der Waals surface area contributed by atoms with Crippen molar-refractivity contribution in [2.45, 2.75) is 42.6 Å². The molecule has 0 unspecified atom stereocenters. The van der Waals surface area contributed by atoms with Gasteiger partial charge in [0.15, 0.2) is 0 Å². The predicted octanol–water partition coefficient (Wildman–Crippen LogP) is 2.16.